The quantitative estimate of drug-likeness (QED) is 0.728. The number of rotatable bonds is 4. The third-order valence-electron chi connectivity index (χ3n) is 3.64. The number of hydrogen-bond donors (Lipinski definition) is 1. The number of aromatic nitrogens is 2. The zero-order valence-electron chi connectivity index (χ0n) is 13.2. The fourth-order valence-corrected chi connectivity index (χ4v) is 2.55. The molecule has 0 aliphatic heterocycles. The number of nitrogens with zero attached hydrogens (tertiary/aromatic N) is 2. The van der Waals surface area contributed by atoms with Gasteiger partial charge in [-0.05, 0) is 37.3 Å². The summed E-state index contributed by atoms with van der Waals surface area (Å²) in [5, 5.41) is 14.1. The van der Waals surface area contributed by atoms with Gasteiger partial charge in [-0.2, -0.15) is 0 Å². The Morgan fingerprint density at radius 1 is 1.24 bits per heavy atom. The highest BCUT2D eigenvalue weighted by Gasteiger charge is 2.10. The van der Waals surface area contributed by atoms with Crippen molar-refractivity contribution in [2.75, 3.05) is 0 Å². The number of carboxylic acids is 1. The summed E-state index contributed by atoms with van der Waals surface area (Å²) in [6, 6.07) is 13.4. The molecular weight excluding hydrogens is 342 g/mol. The topological polar surface area (TPSA) is 90.3 Å². The second kappa shape index (κ2) is 6.78. The van der Waals surface area contributed by atoms with Crippen LogP contribution in [0.1, 0.15) is 21.6 Å². The van der Waals surface area contributed by atoms with Crippen LogP contribution in [0.4, 0.5) is 5.69 Å². The molecule has 0 saturated carbocycles. The number of benzene rings is 2. The number of aromatic carboxylic acids is 1. The van der Waals surface area contributed by atoms with Gasteiger partial charge < -0.3 is 9.90 Å². The normalized spacial score (nSPS) is 11.1. The summed E-state index contributed by atoms with van der Waals surface area (Å²) in [6.07, 6.45) is 1.40. The third-order valence-corrected chi connectivity index (χ3v) is 3.97. The molecule has 0 fully saturated rings. The molecule has 1 heterocycles. The lowest BCUT2D eigenvalue weighted by atomic mass is 10.2. The number of aryl methyl sites for hydroxylation is 1. The second-order valence-corrected chi connectivity index (χ2v) is 5.74. The van der Waals surface area contributed by atoms with Gasteiger partial charge in [-0.25, -0.2) is 4.68 Å². The molecule has 0 aliphatic carbocycles. The van der Waals surface area contributed by atoms with Crippen molar-refractivity contribution in [2.24, 2.45) is 4.99 Å². The first kappa shape index (κ1) is 16.7. The number of para-hydroxylation sites is 1. The van der Waals surface area contributed by atoms with Gasteiger partial charge >= 0.3 is 0 Å². The second-order valence-electron chi connectivity index (χ2n) is 5.34. The molecule has 3 aromatic rings. The SMILES string of the molecule is Cc1[nH]n(-c2ccccc2)c(=O)c1C=Nc1ccc(Cl)c(C(=O)[O-])c1. The summed E-state index contributed by atoms with van der Waals surface area (Å²) in [5.74, 6) is -1.38. The largest absolute Gasteiger partial charge is 0.545 e. The first-order valence-electron chi connectivity index (χ1n) is 7.39. The van der Waals surface area contributed by atoms with Gasteiger partial charge in [0.15, 0.2) is 0 Å². The lowest BCUT2D eigenvalue weighted by Gasteiger charge is -2.05. The minimum Gasteiger partial charge on any atom is -0.545 e. The van der Waals surface area contributed by atoms with Gasteiger partial charge in [0.1, 0.15) is 0 Å². The highest BCUT2D eigenvalue weighted by Crippen LogP contribution is 2.22. The first-order valence-corrected chi connectivity index (χ1v) is 7.77. The Morgan fingerprint density at radius 3 is 2.64 bits per heavy atom. The lowest BCUT2D eigenvalue weighted by Crippen LogP contribution is -2.22. The van der Waals surface area contributed by atoms with Crippen molar-refractivity contribution >= 4 is 29.5 Å². The zero-order valence-corrected chi connectivity index (χ0v) is 13.9. The third kappa shape index (κ3) is 3.39. The fraction of sp³-hybridized carbons (Fsp3) is 0.0556. The molecule has 0 unspecified atom stereocenters. The molecule has 1 N–H and O–H groups in total. The van der Waals surface area contributed by atoms with Crippen LogP contribution in [-0.2, 0) is 0 Å². The highest BCUT2D eigenvalue weighted by molar-refractivity contribution is 6.33. The minimum absolute atomic E-state index is 0.0724. The summed E-state index contributed by atoms with van der Waals surface area (Å²) in [6.45, 7) is 1.76. The van der Waals surface area contributed by atoms with Gasteiger partial charge in [0, 0.05) is 22.5 Å². The molecule has 0 radical (unpaired) electrons. The molecule has 3 rings (SSSR count). The molecule has 7 heteroatoms. The number of aliphatic imine (C=N–C) groups is 1. The smallest absolute Gasteiger partial charge is 0.280 e. The van der Waals surface area contributed by atoms with Crippen LogP contribution in [0.15, 0.2) is 58.3 Å². The van der Waals surface area contributed by atoms with E-state index >= 15 is 0 Å². The zero-order chi connectivity index (χ0) is 18.0. The van der Waals surface area contributed by atoms with Crippen molar-refractivity contribution < 1.29 is 9.90 Å². The number of hydrogen-bond acceptors (Lipinski definition) is 4. The number of aromatic amines is 1. The minimum atomic E-state index is -1.38. The summed E-state index contributed by atoms with van der Waals surface area (Å²) >= 11 is 5.80. The Labute approximate surface area is 148 Å². The molecule has 2 aromatic carbocycles. The van der Waals surface area contributed by atoms with E-state index in [1.807, 2.05) is 30.3 Å². The Balaban J connectivity index is 1.98. The standard InChI is InChI=1S/C18H14ClN3O3/c1-11-15(17(23)22(21-11)13-5-3-2-4-6-13)10-20-12-7-8-16(19)14(9-12)18(24)25/h2-10,21H,1H3,(H,24,25)/p-1. The van der Waals surface area contributed by atoms with Gasteiger partial charge in [0.05, 0.1) is 22.9 Å². The van der Waals surface area contributed by atoms with Crippen LogP contribution in [-0.4, -0.2) is 22.0 Å². The van der Waals surface area contributed by atoms with E-state index in [-0.39, 0.29) is 16.1 Å². The molecule has 0 amide bonds. The van der Waals surface area contributed by atoms with Crippen LogP contribution in [0, 0.1) is 6.92 Å². The van der Waals surface area contributed by atoms with Crippen molar-refractivity contribution in [3.63, 3.8) is 0 Å². The van der Waals surface area contributed by atoms with E-state index in [0.29, 0.717) is 22.6 Å². The number of nitrogens with one attached hydrogen (secondary N) is 1. The van der Waals surface area contributed by atoms with Crippen LogP contribution in [0.25, 0.3) is 5.69 Å². The van der Waals surface area contributed by atoms with Crippen LogP contribution in [0.3, 0.4) is 0 Å². The van der Waals surface area contributed by atoms with Gasteiger partial charge in [-0.1, -0.05) is 29.8 Å². The maximum Gasteiger partial charge on any atom is 0.280 e. The van der Waals surface area contributed by atoms with Crippen molar-refractivity contribution in [1.82, 2.24) is 9.78 Å². The first-order chi connectivity index (χ1) is 12.0. The van der Waals surface area contributed by atoms with Gasteiger partial charge in [0.25, 0.3) is 5.56 Å². The summed E-state index contributed by atoms with van der Waals surface area (Å²) in [5.41, 5.74) is 1.70. The molecule has 0 aliphatic rings. The maximum absolute atomic E-state index is 12.6. The predicted octanol–water partition coefficient (Wildman–Crippen LogP) is 2.24. The van der Waals surface area contributed by atoms with Crippen LogP contribution in [0.5, 0.6) is 0 Å². The monoisotopic (exact) mass is 354 g/mol. The summed E-state index contributed by atoms with van der Waals surface area (Å²) < 4.78 is 1.42. The number of carbonyl (C=O) groups excluding carboxylic acids is 1. The van der Waals surface area contributed by atoms with Gasteiger partial charge in [-0.3, -0.25) is 14.9 Å². The molecule has 0 bridgehead atoms. The van der Waals surface area contributed by atoms with E-state index in [1.165, 1.54) is 23.0 Å². The highest BCUT2D eigenvalue weighted by atomic mass is 35.5. The maximum atomic E-state index is 12.6. The van der Waals surface area contributed by atoms with E-state index in [9.17, 15) is 14.7 Å². The van der Waals surface area contributed by atoms with E-state index in [0.717, 1.165) is 0 Å². The van der Waals surface area contributed by atoms with Crippen molar-refractivity contribution in [3.8, 4) is 5.69 Å². The molecule has 25 heavy (non-hydrogen) atoms. The van der Waals surface area contributed by atoms with E-state index in [2.05, 4.69) is 10.1 Å². The van der Waals surface area contributed by atoms with Crippen LogP contribution >= 0.6 is 11.6 Å². The van der Waals surface area contributed by atoms with Gasteiger partial charge in [-0.15, -0.1) is 0 Å². The summed E-state index contributed by atoms with van der Waals surface area (Å²) in [7, 11) is 0. The number of halogens is 1. The molecule has 6 nitrogen and oxygen atoms in total. The molecule has 0 spiro atoms. The molecular formula is C18H13ClN3O3-. The van der Waals surface area contributed by atoms with Crippen molar-refractivity contribution in [3.05, 3.63) is 80.7 Å². The Bertz CT molecular complexity index is 1020. The lowest BCUT2D eigenvalue weighted by molar-refractivity contribution is -0.255. The van der Waals surface area contributed by atoms with Crippen molar-refractivity contribution in [2.45, 2.75) is 6.92 Å². The average molecular weight is 355 g/mol. The van der Waals surface area contributed by atoms with Gasteiger partial charge in [0.2, 0.25) is 0 Å². The molecule has 1 aromatic heterocycles. The van der Waals surface area contributed by atoms with Crippen LogP contribution in [0.2, 0.25) is 5.02 Å². The number of carboxylic acid groups (broad SMARTS) is 1. The van der Waals surface area contributed by atoms with E-state index in [4.69, 9.17) is 11.6 Å². The summed E-state index contributed by atoms with van der Waals surface area (Å²) in [4.78, 5) is 27.7. The van der Waals surface area contributed by atoms with E-state index in [1.54, 1.807) is 13.0 Å². The Morgan fingerprint density at radius 2 is 1.96 bits per heavy atom. The average Bonchev–Trinajstić information content (AvgIpc) is 2.89. The fourth-order valence-electron chi connectivity index (χ4n) is 2.36. The molecule has 0 atom stereocenters. The Hall–Kier alpha value is -3.12. The molecule has 126 valence electrons. The van der Waals surface area contributed by atoms with Crippen molar-refractivity contribution in [1.29, 1.82) is 0 Å². The van der Waals surface area contributed by atoms with Crippen LogP contribution < -0.4 is 10.7 Å². The number of carbonyl (C=O) groups is 1. The predicted molar refractivity (Wildman–Crippen MR) is 94.2 cm³/mol. The Kier molecular flexibility index (Phi) is 4.54. The molecule has 0 saturated heterocycles. The number of H-pyrrole nitrogens is 1. The van der Waals surface area contributed by atoms with E-state index < -0.39 is 5.97 Å².